The summed E-state index contributed by atoms with van der Waals surface area (Å²) >= 11 is 1.76. The molecule has 5 heteroatoms. The lowest BCUT2D eigenvalue weighted by molar-refractivity contribution is 0.611. The number of rotatable bonds is 3. The predicted molar refractivity (Wildman–Crippen MR) is 66.2 cm³/mol. The van der Waals surface area contributed by atoms with Crippen molar-refractivity contribution in [1.82, 2.24) is 15.2 Å². The molecular weight excluding hydrogens is 220 g/mol. The Morgan fingerprint density at radius 2 is 2.25 bits per heavy atom. The summed E-state index contributed by atoms with van der Waals surface area (Å²) < 4.78 is 1.78. The van der Waals surface area contributed by atoms with E-state index in [1.807, 2.05) is 19.3 Å². The molecule has 86 valence electrons. The Bertz CT molecular complexity index is 466. The van der Waals surface area contributed by atoms with Crippen LogP contribution in [0.4, 0.5) is 0 Å². The van der Waals surface area contributed by atoms with Gasteiger partial charge in [0.05, 0.1) is 11.7 Å². The molecule has 1 atom stereocenters. The van der Waals surface area contributed by atoms with Crippen LogP contribution in [-0.2, 0) is 7.05 Å². The zero-order chi connectivity index (χ0) is 11.7. The lowest BCUT2D eigenvalue weighted by atomic mass is 10.1. The molecule has 0 aromatic carbocycles. The molecule has 0 fully saturated rings. The van der Waals surface area contributed by atoms with Crippen molar-refractivity contribution in [3.05, 3.63) is 39.3 Å². The predicted octanol–water partition coefficient (Wildman–Crippen LogP) is 1.65. The molecule has 4 nitrogen and oxygen atoms in total. The van der Waals surface area contributed by atoms with Crippen molar-refractivity contribution in [2.24, 2.45) is 12.9 Å². The maximum absolute atomic E-state index is 5.61. The van der Waals surface area contributed by atoms with Gasteiger partial charge in [0, 0.05) is 23.0 Å². The Labute approximate surface area is 99.1 Å². The number of nitrogens with zero attached hydrogens (tertiary/aromatic N) is 2. The molecule has 0 aliphatic carbocycles. The van der Waals surface area contributed by atoms with E-state index in [4.69, 9.17) is 5.84 Å². The number of hydrazine groups is 1. The molecule has 2 heterocycles. The first kappa shape index (κ1) is 11.3. The lowest BCUT2D eigenvalue weighted by Gasteiger charge is -2.10. The molecule has 3 N–H and O–H groups in total. The molecule has 16 heavy (non-hydrogen) atoms. The summed E-state index contributed by atoms with van der Waals surface area (Å²) in [5.41, 5.74) is 5.08. The Hall–Kier alpha value is -1.17. The van der Waals surface area contributed by atoms with E-state index in [-0.39, 0.29) is 6.04 Å². The second-order valence-electron chi connectivity index (χ2n) is 3.90. The molecule has 0 aliphatic heterocycles. The van der Waals surface area contributed by atoms with Crippen LogP contribution in [-0.4, -0.2) is 9.78 Å². The highest BCUT2D eigenvalue weighted by Gasteiger charge is 2.17. The van der Waals surface area contributed by atoms with Gasteiger partial charge in [-0.2, -0.15) is 5.10 Å². The van der Waals surface area contributed by atoms with Gasteiger partial charge in [0.1, 0.15) is 0 Å². The summed E-state index contributed by atoms with van der Waals surface area (Å²) in [6.45, 7) is 4.23. The summed E-state index contributed by atoms with van der Waals surface area (Å²) in [6, 6.07) is 4.13. The van der Waals surface area contributed by atoms with Crippen molar-refractivity contribution >= 4 is 11.3 Å². The number of thiophene rings is 1. The summed E-state index contributed by atoms with van der Waals surface area (Å²) in [4.78, 5) is 2.53. The molecule has 0 amide bonds. The third-order valence-corrected chi connectivity index (χ3v) is 3.88. The van der Waals surface area contributed by atoms with Gasteiger partial charge >= 0.3 is 0 Å². The molecule has 2 rings (SSSR count). The molecule has 0 bridgehead atoms. The summed E-state index contributed by atoms with van der Waals surface area (Å²) in [7, 11) is 1.90. The van der Waals surface area contributed by atoms with Crippen molar-refractivity contribution in [2.45, 2.75) is 19.9 Å². The minimum Gasteiger partial charge on any atom is -0.275 e. The first-order valence-electron chi connectivity index (χ1n) is 5.14. The zero-order valence-corrected chi connectivity index (χ0v) is 10.5. The van der Waals surface area contributed by atoms with E-state index in [1.54, 1.807) is 16.0 Å². The minimum absolute atomic E-state index is 0.0152. The molecule has 0 saturated heterocycles. The van der Waals surface area contributed by atoms with Crippen LogP contribution >= 0.6 is 11.3 Å². The SMILES string of the molecule is Cc1cc(C(NN)c2ccn(C)n2)sc1C. The fourth-order valence-electron chi connectivity index (χ4n) is 1.64. The lowest BCUT2D eigenvalue weighted by Crippen LogP contribution is -2.28. The molecule has 2 aromatic rings. The average Bonchev–Trinajstić information content (AvgIpc) is 2.77. The third kappa shape index (κ3) is 2.02. The van der Waals surface area contributed by atoms with Crippen LogP contribution in [0.5, 0.6) is 0 Å². The van der Waals surface area contributed by atoms with Crippen LogP contribution in [0.25, 0.3) is 0 Å². The Morgan fingerprint density at radius 3 is 2.69 bits per heavy atom. The number of hydrogen-bond acceptors (Lipinski definition) is 4. The Kier molecular flexibility index (Phi) is 3.09. The number of nitrogens with two attached hydrogens (primary N) is 1. The standard InChI is InChI=1S/C11H16N4S/c1-7-6-10(16-8(7)2)11(13-12)9-4-5-15(3)14-9/h4-6,11,13H,12H2,1-3H3. The summed E-state index contributed by atoms with van der Waals surface area (Å²) in [5.74, 6) is 5.61. The molecule has 2 aromatic heterocycles. The van der Waals surface area contributed by atoms with E-state index in [0.29, 0.717) is 0 Å². The smallest absolute Gasteiger partial charge is 0.0991 e. The van der Waals surface area contributed by atoms with Gasteiger partial charge in [0.2, 0.25) is 0 Å². The van der Waals surface area contributed by atoms with Crippen molar-refractivity contribution < 1.29 is 0 Å². The van der Waals surface area contributed by atoms with Crippen LogP contribution in [0.2, 0.25) is 0 Å². The highest BCUT2D eigenvalue weighted by Crippen LogP contribution is 2.29. The van der Waals surface area contributed by atoms with Crippen molar-refractivity contribution in [1.29, 1.82) is 0 Å². The highest BCUT2D eigenvalue weighted by atomic mass is 32.1. The van der Waals surface area contributed by atoms with Gasteiger partial charge in [0.15, 0.2) is 0 Å². The highest BCUT2D eigenvalue weighted by molar-refractivity contribution is 7.12. The normalized spacial score (nSPS) is 13.0. The second-order valence-corrected chi connectivity index (χ2v) is 5.19. The van der Waals surface area contributed by atoms with E-state index >= 15 is 0 Å². The largest absolute Gasteiger partial charge is 0.275 e. The van der Waals surface area contributed by atoms with Gasteiger partial charge in [-0.1, -0.05) is 0 Å². The summed E-state index contributed by atoms with van der Waals surface area (Å²) in [6.07, 6.45) is 1.92. The van der Waals surface area contributed by atoms with Gasteiger partial charge in [0.25, 0.3) is 0 Å². The third-order valence-electron chi connectivity index (χ3n) is 2.67. The first-order valence-corrected chi connectivity index (χ1v) is 5.96. The first-order chi connectivity index (χ1) is 7.61. The summed E-state index contributed by atoms with van der Waals surface area (Å²) in [5, 5.41) is 4.38. The number of hydrogen-bond donors (Lipinski definition) is 2. The molecule has 1 unspecified atom stereocenters. The van der Waals surface area contributed by atoms with Crippen molar-refractivity contribution in [3.63, 3.8) is 0 Å². The molecular formula is C11H16N4S. The molecule has 0 saturated carbocycles. The minimum atomic E-state index is -0.0152. The Balaban J connectivity index is 2.36. The van der Waals surface area contributed by atoms with Gasteiger partial charge in [-0.15, -0.1) is 11.3 Å². The van der Waals surface area contributed by atoms with E-state index in [2.05, 4.69) is 30.4 Å². The molecule has 0 aliphatic rings. The maximum Gasteiger partial charge on any atom is 0.0991 e. The van der Waals surface area contributed by atoms with E-state index < -0.39 is 0 Å². The fourth-order valence-corrected chi connectivity index (χ4v) is 2.76. The fraction of sp³-hybridized carbons (Fsp3) is 0.364. The van der Waals surface area contributed by atoms with Gasteiger partial charge in [-0.25, -0.2) is 5.43 Å². The van der Waals surface area contributed by atoms with Crippen LogP contribution in [0.15, 0.2) is 18.3 Å². The van der Waals surface area contributed by atoms with Crippen LogP contribution < -0.4 is 11.3 Å². The number of aromatic nitrogens is 2. The molecule has 0 spiro atoms. The number of aryl methyl sites for hydroxylation is 3. The van der Waals surface area contributed by atoms with E-state index in [1.165, 1.54) is 15.3 Å². The van der Waals surface area contributed by atoms with Crippen LogP contribution in [0, 0.1) is 13.8 Å². The van der Waals surface area contributed by atoms with Crippen LogP contribution in [0.1, 0.15) is 27.1 Å². The van der Waals surface area contributed by atoms with Gasteiger partial charge < -0.3 is 0 Å². The van der Waals surface area contributed by atoms with E-state index in [0.717, 1.165) is 5.69 Å². The van der Waals surface area contributed by atoms with Gasteiger partial charge in [-0.05, 0) is 31.5 Å². The second kappa shape index (κ2) is 4.37. The van der Waals surface area contributed by atoms with Crippen LogP contribution in [0.3, 0.4) is 0 Å². The monoisotopic (exact) mass is 236 g/mol. The van der Waals surface area contributed by atoms with Crippen molar-refractivity contribution in [2.75, 3.05) is 0 Å². The topological polar surface area (TPSA) is 55.9 Å². The Morgan fingerprint density at radius 1 is 1.50 bits per heavy atom. The number of nitrogens with one attached hydrogen (secondary N) is 1. The van der Waals surface area contributed by atoms with Gasteiger partial charge in [-0.3, -0.25) is 10.5 Å². The van der Waals surface area contributed by atoms with E-state index in [9.17, 15) is 0 Å². The zero-order valence-electron chi connectivity index (χ0n) is 9.69. The molecule has 0 radical (unpaired) electrons. The maximum atomic E-state index is 5.61. The van der Waals surface area contributed by atoms with Crippen molar-refractivity contribution in [3.8, 4) is 0 Å². The quantitative estimate of drug-likeness (QED) is 0.629. The average molecular weight is 236 g/mol.